The van der Waals surface area contributed by atoms with Crippen molar-refractivity contribution in [3.8, 4) is 0 Å². The van der Waals surface area contributed by atoms with E-state index < -0.39 is 5.60 Å². The zero-order chi connectivity index (χ0) is 13.9. The van der Waals surface area contributed by atoms with E-state index in [0.717, 1.165) is 41.6 Å². The van der Waals surface area contributed by atoms with Crippen LogP contribution in [0.5, 0.6) is 0 Å². The fourth-order valence-electron chi connectivity index (χ4n) is 3.18. The predicted octanol–water partition coefficient (Wildman–Crippen LogP) is 4.85. The molecular formula is C16H22BrFO. The van der Waals surface area contributed by atoms with E-state index in [2.05, 4.69) is 22.9 Å². The average Bonchev–Trinajstić information content (AvgIpc) is 2.31. The minimum absolute atomic E-state index is 0.243. The molecular weight excluding hydrogens is 307 g/mol. The fourth-order valence-corrected chi connectivity index (χ4v) is 3.69. The monoisotopic (exact) mass is 328 g/mol. The highest BCUT2D eigenvalue weighted by molar-refractivity contribution is 9.10. The van der Waals surface area contributed by atoms with Crippen LogP contribution in [0.15, 0.2) is 22.7 Å². The van der Waals surface area contributed by atoms with Crippen LogP contribution in [0.3, 0.4) is 0 Å². The highest BCUT2D eigenvalue weighted by Gasteiger charge is 2.33. The van der Waals surface area contributed by atoms with Crippen molar-refractivity contribution < 1.29 is 9.50 Å². The van der Waals surface area contributed by atoms with E-state index in [9.17, 15) is 9.50 Å². The van der Waals surface area contributed by atoms with Gasteiger partial charge in [-0.15, -0.1) is 0 Å². The van der Waals surface area contributed by atoms with E-state index in [-0.39, 0.29) is 5.82 Å². The standard InChI is InChI=1S/C16H22BrFO/c1-2-3-12-4-6-16(19,7-5-12)11-13-8-14(17)10-15(18)9-13/h8-10,12,19H,2-7,11H2,1H3. The number of hydrogen-bond acceptors (Lipinski definition) is 1. The van der Waals surface area contributed by atoms with Crippen molar-refractivity contribution in [3.63, 3.8) is 0 Å². The van der Waals surface area contributed by atoms with Crippen LogP contribution in [-0.2, 0) is 6.42 Å². The maximum atomic E-state index is 13.4. The summed E-state index contributed by atoms with van der Waals surface area (Å²) >= 11 is 3.30. The third-order valence-corrected chi connectivity index (χ3v) is 4.65. The molecule has 1 aliphatic rings. The number of benzene rings is 1. The summed E-state index contributed by atoms with van der Waals surface area (Å²) in [4.78, 5) is 0. The topological polar surface area (TPSA) is 20.2 Å². The highest BCUT2D eigenvalue weighted by Crippen LogP contribution is 2.36. The Kier molecular flexibility index (Phi) is 5.02. The second-order valence-corrected chi connectivity index (χ2v) is 6.83. The molecule has 0 radical (unpaired) electrons. The average molecular weight is 329 g/mol. The zero-order valence-corrected chi connectivity index (χ0v) is 13.0. The Bertz CT molecular complexity index is 405. The predicted molar refractivity (Wildman–Crippen MR) is 79.6 cm³/mol. The Labute approximate surface area is 123 Å². The molecule has 0 aromatic heterocycles. The molecule has 1 nitrogen and oxygen atoms in total. The molecule has 1 fully saturated rings. The highest BCUT2D eigenvalue weighted by atomic mass is 79.9. The van der Waals surface area contributed by atoms with Crippen molar-refractivity contribution in [2.45, 2.75) is 57.5 Å². The molecule has 19 heavy (non-hydrogen) atoms. The number of aliphatic hydroxyl groups is 1. The minimum Gasteiger partial charge on any atom is -0.390 e. The van der Waals surface area contributed by atoms with E-state index in [1.807, 2.05) is 6.07 Å². The molecule has 1 aromatic rings. The van der Waals surface area contributed by atoms with Crippen molar-refractivity contribution in [1.82, 2.24) is 0 Å². The number of hydrogen-bond donors (Lipinski definition) is 1. The Hall–Kier alpha value is -0.410. The quantitative estimate of drug-likeness (QED) is 0.837. The zero-order valence-electron chi connectivity index (χ0n) is 11.5. The van der Waals surface area contributed by atoms with E-state index in [1.54, 1.807) is 0 Å². The van der Waals surface area contributed by atoms with Gasteiger partial charge in [0, 0.05) is 10.9 Å². The van der Waals surface area contributed by atoms with Gasteiger partial charge in [-0.2, -0.15) is 0 Å². The first kappa shape index (κ1) is 15.0. The van der Waals surface area contributed by atoms with Gasteiger partial charge in [-0.05, 0) is 55.4 Å². The van der Waals surface area contributed by atoms with E-state index in [0.29, 0.717) is 6.42 Å². The van der Waals surface area contributed by atoms with E-state index in [4.69, 9.17) is 0 Å². The van der Waals surface area contributed by atoms with Gasteiger partial charge in [0.05, 0.1) is 5.60 Å². The summed E-state index contributed by atoms with van der Waals surface area (Å²) in [5.74, 6) is 0.525. The van der Waals surface area contributed by atoms with Gasteiger partial charge in [-0.1, -0.05) is 35.7 Å². The molecule has 0 heterocycles. The summed E-state index contributed by atoms with van der Waals surface area (Å²) in [6.07, 6.45) is 6.92. The Morgan fingerprint density at radius 3 is 2.58 bits per heavy atom. The van der Waals surface area contributed by atoms with Gasteiger partial charge in [-0.3, -0.25) is 0 Å². The van der Waals surface area contributed by atoms with Crippen molar-refractivity contribution in [2.75, 3.05) is 0 Å². The second kappa shape index (κ2) is 6.36. The maximum absolute atomic E-state index is 13.4. The van der Waals surface area contributed by atoms with Gasteiger partial charge in [0.2, 0.25) is 0 Å². The van der Waals surface area contributed by atoms with Crippen LogP contribution in [0.1, 0.15) is 51.0 Å². The number of rotatable bonds is 4. The third-order valence-electron chi connectivity index (χ3n) is 4.19. The lowest BCUT2D eigenvalue weighted by Crippen LogP contribution is -2.36. The largest absolute Gasteiger partial charge is 0.390 e. The molecule has 0 spiro atoms. The van der Waals surface area contributed by atoms with Crippen LogP contribution in [0.4, 0.5) is 4.39 Å². The van der Waals surface area contributed by atoms with Crippen molar-refractivity contribution in [2.24, 2.45) is 5.92 Å². The summed E-state index contributed by atoms with van der Waals surface area (Å²) < 4.78 is 14.1. The molecule has 106 valence electrons. The Morgan fingerprint density at radius 1 is 1.32 bits per heavy atom. The molecule has 1 aromatic carbocycles. The first-order valence-electron chi connectivity index (χ1n) is 7.18. The van der Waals surface area contributed by atoms with Gasteiger partial charge < -0.3 is 5.11 Å². The summed E-state index contributed by atoms with van der Waals surface area (Å²) in [6, 6.07) is 4.88. The van der Waals surface area contributed by atoms with Crippen LogP contribution >= 0.6 is 15.9 Å². The molecule has 0 unspecified atom stereocenters. The SMILES string of the molecule is CCCC1CCC(O)(Cc2cc(F)cc(Br)c2)CC1. The molecule has 2 rings (SSSR count). The lowest BCUT2D eigenvalue weighted by molar-refractivity contribution is -0.00991. The summed E-state index contributed by atoms with van der Waals surface area (Å²) in [7, 11) is 0. The minimum atomic E-state index is -0.641. The van der Waals surface area contributed by atoms with Crippen LogP contribution in [-0.4, -0.2) is 10.7 Å². The Morgan fingerprint density at radius 2 is 2.00 bits per heavy atom. The normalized spacial score (nSPS) is 27.5. The fraction of sp³-hybridized carbons (Fsp3) is 0.625. The maximum Gasteiger partial charge on any atom is 0.124 e. The van der Waals surface area contributed by atoms with Gasteiger partial charge in [0.15, 0.2) is 0 Å². The van der Waals surface area contributed by atoms with Crippen molar-refractivity contribution >= 4 is 15.9 Å². The summed E-state index contributed by atoms with van der Waals surface area (Å²) in [5.41, 5.74) is 0.237. The molecule has 1 aliphatic carbocycles. The molecule has 1 N–H and O–H groups in total. The second-order valence-electron chi connectivity index (χ2n) is 5.91. The van der Waals surface area contributed by atoms with Crippen molar-refractivity contribution in [3.05, 3.63) is 34.1 Å². The summed E-state index contributed by atoms with van der Waals surface area (Å²) in [6.45, 7) is 2.21. The number of halogens is 2. The smallest absolute Gasteiger partial charge is 0.124 e. The molecule has 0 amide bonds. The molecule has 1 saturated carbocycles. The van der Waals surface area contributed by atoms with Crippen LogP contribution in [0, 0.1) is 11.7 Å². The van der Waals surface area contributed by atoms with Crippen LogP contribution in [0.25, 0.3) is 0 Å². The van der Waals surface area contributed by atoms with Gasteiger partial charge >= 0.3 is 0 Å². The van der Waals surface area contributed by atoms with Crippen molar-refractivity contribution in [1.29, 1.82) is 0 Å². The van der Waals surface area contributed by atoms with Crippen LogP contribution in [0.2, 0.25) is 0 Å². The molecule has 0 bridgehead atoms. The van der Waals surface area contributed by atoms with Gasteiger partial charge in [0.1, 0.15) is 5.82 Å². The van der Waals surface area contributed by atoms with Gasteiger partial charge in [-0.25, -0.2) is 4.39 Å². The Balaban J connectivity index is 1.98. The third kappa shape index (κ3) is 4.28. The first-order chi connectivity index (χ1) is 9.00. The lowest BCUT2D eigenvalue weighted by Gasteiger charge is -2.36. The molecule has 3 heteroatoms. The van der Waals surface area contributed by atoms with E-state index >= 15 is 0 Å². The van der Waals surface area contributed by atoms with Gasteiger partial charge in [0.25, 0.3) is 0 Å². The first-order valence-corrected chi connectivity index (χ1v) is 7.97. The summed E-state index contributed by atoms with van der Waals surface area (Å²) in [5, 5.41) is 10.7. The molecule has 0 aliphatic heterocycles. The molecule has 0 saturated heterocycles. The van der Waals surface area contributed by atoms with E-state index in [1.165, 1.54) is 25.0 Å². The molecule has 0 atom stereocenters. The lowest BCUT2D eigenvalue weighted by atomic mass is 9.75. The van der Waals surface area contributed by atoms with Crippen LogP contribution < -0.4 is 0 Å².